The molecule has 0 saturated carbocycles. The molecule has 0 N–H and O–H groups in total. The summed E-state index contributed by atoms with van der Waals surface area (Å²) in [5.41, 5.74) is 11.1. The Morgan fingerprint density at radius 1 is 0.750 bits per heavy atom. The van der Waals surface area contributed by atoms with E-state index in [9.17, 15) is 0 Å². The van der Waals surface area contributed by atoms with Crippen LogP contribution in [0, 0.1) is 41.5 Å². The highest BCUT2D eigenvalue weighted by Gasteiger charge is 2.19. The van der Waals surface area contributed by atoms with Crippen LogP contribution >= 0.6 is 15.9 Å². The van der Waals surface area contributed by atoms with Crippen LogP contribution in [0.3, 0.4) is 0 Å². The van der Waals surface area contributed by atoms with Crippen LogP contribution in [-0.4, -0.2) is 0 Å². The van der Waals surface area contributed by atoms with Gasteiger partial charge in [0.15, 0.2) is 0 Å². The van der Waals surface area contributed by atoms with E-state index in [0.29, 0.717) is 0 Å². The molecular weight excluding hydrogens is 308 g/mol. The zero-order valence-electron chi connectivity index (χ0n) is 13.3. The standard InChI is InChI=1S/C19H23Br/c1-11-8-7-9-17(10-11)19(20)18-15(5)13(3)12(2)14(4)16(18)6/h7-10,19H,1-6H3. The summed E-state index contributed by atoms with van der Waals surface area (Å²) in [5.74, 6) is 0. The van der Waals surface area contributed by atoms with Crippen LogP contribution in [0.25, 0.3) is 0 Å². The molecule has 0 saturated heterocycles. The molecule has 0 aromatic heterocycles. The smallest absolute Gasteiger partial charge is 0.0650 e. The van der Waals surface area contributed by atoms with Gasteiger partial charge in [0.25, 0.3) is 0 Å². The largest absolute Gasteiger partial charge is 0.0786 e. The van der Waals surface area contributed by atoms with Gasteiger partial charge in [-0.15, -0.1) is 0 Å². The van der Waals surface area contributed by atoms with Crippen molar-refractivity contribution in [1.29, 1.82) is 0 Å². The number of halogens is 1. The van der Waals surface area contributed by atoms with Crippen molar-refractivity contribution in [2.45, 2.75) is 46.4 Å². The Hall–Kier alpha value is -1.08. The maximum Gasteiger partial charge on any atom is 0.0650 e. The average molecular weight is 331 g/mol. The summed E-state index contributed by atoms with van der Waals surface area (Å²) in [7, 11) is 0. The minimum atomic E-state index is 0.264. The van der Waals surface area contributed by atoms with Crippen molar-refractivity contribution >= 4 is 15.9 Å². The Labute approximate surface area is 131 Å². The van der Waals surface area contributed by atoms with Crippen LogP contribution < -0.4 is 0 Å². The SMILES string of the molecule is Cc1cccc(C(Br)c2c(C)c(C)c(C)c(C)c2C)c1. The van der Waals surface area contributed by atoms with Crippen molar-refractivity contribution in [1.82, 2.24) is 0 Å². The van der Waals surface area contributed by atoms with E-state index in [1.54, 1.807) is 0 Å². The topological polar surface area (TPSA) is 0 Å². The number of rotatable bonds is 2. The number of hydrogen-bond donors (Lipinski definition) is 0. The Morgan fingerprint density at radius 3 is 1.75 bits per heavy atom. The Morgan fingerprint density at radius 2 is 1.25 bits per heavy atom. The molecule has 0 radical (unpaired) electrons. The van der Waals surface area contributed by atoms with Gasteiger partial charge in [0.1, 0.15) is 0 Å². The lowest BCUT2D eigenvalue weighted by Gasteiger charge is -2.23. The molecule has 2 aromatic rings. The van der Waals surface area contributed by atoms with Gasteiger partial charge in [0, 0.05) is 0 Å². The van der Waals surface area contributed by atoms with Gasteiger partial charge in [-0.3, -0.25) is 0 Å². The van der Waals surface area contributed by atoms with Gasteiger partial charge in [0.2, 0.25) is 0 Å². The Kier molecular flexibility index (Phi) is 4.39. The second kappa shape index (κ2) is 5.73. The molecule has 2 rings (SSSR count). The Bertz CT molecular complexity index is 624. The molecule has 0 heterocycles. The predicted octanol–water partition coefficient (Wildman–Crippen LogP) is 6.02. The lowest BCUT2D eigenvalue weighted by molar-refractivity contribution is 1.05. The van der Waals surface area contributed by atoms with Gasteiger partial charge >= 0.3 is 0 Å². The van der Waals surface area contributed by atoms with Crippen molar-refractivity contribution in [3.63, 3.8) is 0 Å². The zero-order chi connectivity index (χ0) is 15.0. The molecule has 0 aliphatic carbocycles. The fourth-order valence-electron chi connectivity index (χ4n) is 2.90. The summed E-state index contributed by atoms with van der Waals surface area (Å²) in [6.45, 7) is 13.3. The molecule has 0 bridgehead atoms. The van der Waals surface area contributed by atoms with Gasteiger partial charge in [-0.05, 0) is 80.5 Å². The minimum absolute atomic E-state index is 0.264. The molecule has 0 fully saturated rings. The maximum absolute atomic E-state index is 3.92. The van der Waals surface area contributed by atoms with Crippen LogP contribution in [0.2, 0.25) is 0 Å². The van der Waals surface area contributed by atoms with Crippen LogP contribution in [0.1, 0.15) is 49.3 Å². The molecule has 106 valence electrons. The van der Waals surface area contributed by atoms with Crippen LogP contribution in [0.15, 0.2) is 24.3 Å². The van der Waals surface area contributed by atoms with E-state index in [1.165, 1.54) is 44.5 Å². The number of alkyl halides is 1. The molecule has 2 aromatic carbocycles. The summed E-state index contributed by atoms with van der Waals surface area (Å²) in [6, 6.07) is 8.75. The first-order chi connectivity index (χ1) is 9.34. The van der Waals surface area contributed by atoms with Crippen molar-refractivity contribution in [3.05, 3.63) is 68.8 Å². The molecule has 1 unspecified atom stereocenters. The lowest BCUT2D eigenvalue weighted by Crippen LogP contribution is -2.05. The van der Waals surface area contributed by atoms with Gasteiger partial charge in [-0.25, -0.2) is 0 Å². The quantitative estimate of drug-likeness (QED) is 0.590. The second-order valence-corrected chi connectivity index (χ2v) is 6.73. The first-order valence-electron chi connectivity index (χ1n) is 7.12. The van der Waals surface area contributed by atoms with E-state index in [-0.39, 0.29) is 4.83 Å². The first-order valence-corrected chi connectivity index (χ1v) is 8.03. The third-order valence-electron chi connectivity index (χ3n) is 4.65. The molecule has 0 nitrogen and oxygen atoms in total. The summed E-state index contributed by atoms with van der Waals surface area (Å²) < 4.78 is 0. The van der Waals surface area contributed by atoms with Crippen molar-refractivity contribution < 1.29 is 0 Å². The van der Waals surface area contributed by atoms with E-state index >= 15 is 0 Å². The molecular formula is C19H23Br. The monoisotopic (exact) mass is 330 g/mol. The van der Waals surface area contributed by atoms with Crippen LogP contribution in [0.4, 0.5) is 0 Å². The molecule has 0 aliphatic rings. The van der Waals surface area contributed by atoms with Gasteiger partial charge in [-0.2, -0.15) is 0 Å². The highest BCUT2D eigenvalue weighted by molar-refractivity contribution is 9.09. The lowest BCUT2D eigenvalue weighted by atomic mass is 9.86. The summed E-state index contributed by atoms with van der Waals surface area (Å²) in [5, 5.41) is 0. The Balaban J connectivity index is 2.64. The molecule has 1 heteroatoms. The van der Waals surface area contributed by atoms with E-state index in [2.05, 4.69) is 81.7 Å². The van der Waals surface area contributed by atoms with E-state index in [4.69, 9.17) is 0 Å². The predicted molar refractivity (Wildman–Crippen MR) is 92.1 cm³/mol. The molecule has 0 aliphatic heterocycles. The number of hydrogen-bond acceptors (Lipinski definition) is 0. The normalized spacial score (nSPS) is 12.6. The fourth-order valence-corrected chi connectivity index (χ4v) is 3.88. The number of aryl methyl sites for hydroxylation is 1. The highest BCUT2D eigenvalue weighted by Crippen LogP contribution is 2.38. The molecule has 0 amide bonds. The van der Waals surface area contributed by atoms with Gasteiger partial charge < -0.3 is 0 Å². The minimum Gasteiger partial charge on any atom is -0.0786 e. The maximum atomic E-state index is 3.92. The molecule has 1 atom stereocenters. The van der Waals surface area contributed by atoms with E-state index in [0.717, 1.165) is 0 Å². The van der Waals surface area contributed by atoms with Gasteiger partial charge in [-0.1, -0.05) is 45.8 Å². The van der Waals surface area contributed by atoms with Crippen molar-refractivity contribution in [2.24, 2.45) is 0 Å². The first kappa shape index (κ1) is 15.3. The van der Waals surface area contributed by atoms with Crippen LogP contribution in [-0.2, 0) is 0 Å². The highest BCUT2D eigenvalue weighted by atomic mass is 79.9. The third-order valence-corrected chi connectivity index (χ3v) is 5.63. The second-order valence-electron chi connectivity index (χ2n) is 5.82. The third kappa shape index (κ3) is 2.56. The average Bonchev–Trinajstić information content (AvgIpc) is 2.43. The van der Waals surface area contributed by atoms with Gasteiger partial charge in [0.05, 0.1) is 4.83 Å². The van der Waals surface area contributed by atoms with E-state index < -0.39 is 0 Å². The van der Waals surface area contributed by atoms with Crippen molar-refractivity contribution in [3.8, 4) is 0 Å². The van der Waals surface area contributed by atoms with Crippen LogP contribution in [0.5, 0.6) is 0 Å². The molecule has 20 heavy (non-hydrogen) atoms. The van der Waals surface area contributed by atoms with E-state index in [1.807, 2.05) is 0 Å². The summed E-state index contributed by atoms with van der Waals surface area (Å²) in [4.78, 5) is 0.264. The molecule has 0 spiro atoms. The summed E-state index contributed by atoms with van der Waals surface area (Å²) in [6.07, 6.45) is 0. The fraction of sp³-hybridized carbons (Fsp3) is 0.368. The summed E-state index contributed by atoms with van der Waals surface area (Å²) >= 11 is 3.92. The van der Waals surface area contributed by atoms with Crippen molar-refractivity contribution in [2.75, 3.05) is 0 Å². The number of benzene rings is 2. The zero-order valence-corrected chi connectivity index (χ0v) is 14.9.